The van der Waals surface area contributed by atoms with Gasteiger partial charge < -0.3 is 0 Å². The van der Waals surface area contributed by atoms with E-state index < -0.39 is 0 Å². The smallest absolute Gasteiger partial charge is 0.181 e. The Labute approximate surface area is 40.5 Å². The largest absolute Gasteiger partial charge is 3.00 e. The summed E-state index contributed by atoms with van der Waals surface area (Å²) in [4.78, 5) is 0. The van der Waals surface area contributed by atoms with Gasteiger partial charge in [-0.3, -0.25) is 0 Å². The van der Waals surface area contributed by atoms with Crippen LogP contribution in [0.2, 0.25) is 0 Å². The molecule has 0 unspecified atom stereocenters. The van der Waals surface area contributed by atoms with Crippen LogP contribution in [-0.4, -0.2) is 0 Å². The quantitative estimate of drug-likeness (QED) is 0.411. The van der Waals surface area contributed by atoms with Crippen molar-refractivity contribution in [1.82, 2.24) is 0 Å². The molecule has 23 valence electrons. The van der Waals surface area contributed by atoms with Crippen LogP contribution < -0.4 is 0 Å². The first-order chi connectivity index (χ1) is 1.91. The Bertz CT molecular complexity index is 62.6. The summed E-state index contributed by atoms with van der Waals surface area (Å²) in [5.74, 6) is 0. The molecule has 0 heterocycles. The number of rotatable bonds is 0. The van der Waals surface area contributed by atoms with Crippen molar-refractivity contribution >= 4 is 0 Å². The molecule has 0 aliphatic rings. The number of nitrogens with zero attached hydrogens (tertiary/aromatic N) is 2. The van der Waals surface area contributed by atoms with Gasteiger partial charge in [0.2, 0.25) is 0 Å². The van der Waals surface area contributed by atoms with E-state index in [4.69, 9.17) is 10.5 Å². The minimum atomic E-state index is 0. The third-order valence-corrected chi connectivity index (χ3v) is 0.0500. The SMILES string of the molecule is N#CC#N.[Fe+3]. The van der Waals surface area contributed by atoms with Gasteiger partial charge in [0.15, 0.2) is 12.1 Å². The second kappa shape index (κ2) is 9.72. The normalized spacial score (nSPS) is 2.00. The topological polar surface area (TPSA) is 47.6 Å². The Hall–Kier alpha value is -0.501. The van der Waals surface area contributed by atoms with Gasteiger partial charge in [-0.1, -0.05) is 0 Å². The third-order valence-electron chi connectivity index (χ3n) is 0.0500. The molecule has 0 spiro atoms. The molecule has 0 aromatic rings. The van der Waals surface area contributed by atoms with Crippen LogP contribution in [0.4, 0.5) is 0 Å². The third kappa shape index (κ3) is 31.5. The first kappa shape index (κ1) is 8.82. The van der Waals surface area contributed by atoms with Crippen molar-refractivity contribution in [2.24, 2.45) is 0 Å². The molecule has 3 heteroatoms. The Balaban J connectivity index is 0. The van der Waals surface area contributed by atoms with Crippen LogP contribution in [0.1, 0.15) is 0 Å². The Morgan fingerprint density at radius 1 is 1.00 bits per heavy atom. The summed E-state index contributed by atoms with van der Waals surface area (Å²) >= 11 is 0. The molecule has 5 heavy (non-hydrogen) atoms. The van der Waals surface area contributed by atoms with Gasteiger partial charge in [0.25, 0.3) is 0 Å². The van der Waals surface area contributed by atoms with Crippen LogP contribution in [0.25, 0.3) is 0 Å². The fourth-order valence-electron chi connectivity index (χ4n) is 0. The van der Waals surface area contributed by atoms with Gasteiger partial charge >= 0.3 is 17.1 Å². The molecule has 1 radical (unpaired) electrons. The second-order valence-electron chi connectivity index (χ2n) is 0.224. The van der Waals surface area contributed by atoms with Crippen molar-refractivity contribution in [2.45, 2.75) is 0 Å². The van der Waals surface area contributed by atoms with E-state index in [-0.39, 0.29) is 17.1 Å². The fraction of sp³-hybridized carbons (Fsp3) is 0. The van der Waals surface area contributed by atoms with E-state index in [1.807, 2.05) is 0 Å². The van der Waals surface area contributed by atoms with E-state index in [0.29, 0.717) is 0 Å². The molecule has 0 aliphatic heterocycles. The Kier molecular flexibility index (Phi) is 17.2. The molecule has 2 nitrogen and oxygen atoms in total. The summed E-state index contributed by atoms with van der Waals surface area (Å²) in [6, 6.07) is 2.47. The fourth-order valence-corrected chi connectivity index (χ4v) is 0. The van der Waals surface area contributed by atoms with Crippen molar-refractivity contribution < 1.29 is 17.1 Å². The summed E-state index contributed by atoms with van der Waals surface area (Å²) < 4.78 is 0. The standard InChI is InChI=1S/C2N2.Fe/c3-1-2-4;/q;+3. The van der Waals surface area contributed by atoms with Crippen molar-refractivity contribution in [1.29, 1.82) is 10.5 Å². The molecule has 0 N–H and O–H groups in total. The van der Waals surface area contributed by atoms with Crippen LogP contribution >= 0.6 is 0 Å². The predicted octanol–water partition coefficient (Wildman–Crippen LogP) is 0.0311. The van der Waals surface area contributed by atoms with Crippen molar-refractivity contribution in [2.75, 3.05) is 0 Å². The van der Waals surface area contributed by atoms with Crippen LogP contribution in [0.5, 0.6) is 0 Å². The monoisotopic (exact) mass is 108 g/mol. The molecule has 0 aromatic heterocycles. The maximum Gasteiger partial charge on any atom is 3.00 e. The number of hydrogen-bond donors (Lipinski definition) is 0. The molecule has 0 aliphatic carbocycles. The molecule has 0 bridgehead atoms. The molecular weight excluding hydrogens is 108 g/mol. The number of nitriles is 2. The molecule has 0 saturated heterocycles. The Morgan fingerprint density at radius 3 is 1.20 bits per heavy atom. The maximum atomic E-state index is 7.26. The van der Waals surface area contributed by atoms with Crippen LogP contribution in [0.3, 0.4) is 0 Å². The van der Waals surface area contributed by atoms with E-state index in [2.05, 4.69) is 0 Å². The van der Waals surface area contributed by atoms with Gasteiger partial charge in [-0.2, -0.15) is 10.5 Å². The summed E-state index contributed by atoms with van der Waals surface area (Å²) in [6.07, 6.45) is 0. The van der Waals surface area contributed by atoms with Crippen LogP contribution in [0, 0.1) is 22.7 Å². The van der Waals surface area contributed by atoms with Gasteiger partial charge in [0.1, 0.15) is 0 Å². The van der Waals surface area contributed by atoms with E-state index in [1.54, 1.807) is 0 Å². The maximum absolute atomic E-state index is 7.26. The van der Waals surface area contributed by atoms with Crippen molar-refractivity contribution in [3.8, 4) is 12.1 Å². The molecule has 0 fully saturated rings. The van der Waals surface area contributed by atoms with Gasteiger partial charge in [0.05, 0.1) is 0 Å². The average Bonchev–Trinajstić information content (AvgIpc) is 1.37. The zero-order valence-corrected chi connectivity index (χ0v) is 3.35. The van der Waals surface area contributed by atoms with Crippen molar-refractivity contribution in [3.05, 3.63) is 0 Å². The average molecular weight is 108 g/mol. The Morgan fingerprint density at radius 2 is 1.20 bits per heavy atom. The first-order valence-electron chi connectivity index (χ1n) is 0.697. The molecule has 0 aromatic carbocycles. The first-order valence-corrected chi connectivity index (χ1v) is 0.697. The van der Waals surface area contributed by atoms with E-state index >= 15 is 0 Å². The van der Waals surface area contributed by atoms with Crippen LogP contribution in [0.15, 0.2) is 0 Å². The minimum absolute atomic E-state index is 0. The molecule has 0 rings (SSSR count). The summed E-state index contributed by atoms with van der Waals surface area (Å²) in [5, 5.41) is 14.5. The summed E-state index contributed by atoms with van der Waals surface area (Å²) in [5.41, 5.74) is 0. The molecule has 0 amide bonds. The zero-order chi connectivity index (χ0) is 3.41. The second-order valence-corrected chi connectivity index (χ2v) is 0.224. The molecule has 0 atom stereocenters. The van der Waals surface area contributed by atoms with Crippen LogP contribution in [-0.2, 0) is 17.1 Å². The number of hydrogen-bond acceptors (Lipinski definition) is 2. The predicted molar refractivity (Wildman–Crippen MR) is 11.2 cm³/mol. The van der Waals surface area contributed by atoms with Gasteiger partial charge in [-0.25, -0.2) is 0 Å². The summed E-state index contributed by atoms with van der Waals surface area (Å²) in [6.45, 7) is 0. The molecule has 0 saturated carbocycles. The summed E-state index contributed by atoms with van der Waals surface area (Å²) in [7, 11) is 0. The van der Waals surface area contributed by atoms with E-state index in [0.717, 1.165) is 0 Å². The zero-order valence-electron chi connectivity index (χ0n) is 2.25. The van der Waals surface area contributed by atoms with Gasteiger partial charge in [0, 0.05) is 0 Å². The van der Waals surface area contributed by atoms with Gasteiger partial charge in [-0.15, -0.1) is 0 Å². The van der Waals surface area contributed by atoms with E-state index in [1.165, 1.54) is 12.1 Å². The molecular formula is C2FeN2+3. The van der Waals surface area contributed by atoms with Gasteiger partial charge in [-0.05, 0) is 0 Å². The minimum Gasteiger partial charge on any atom is -0.181 e. The van der Waals surface area contributed by atoms with E-state index in [9.17, 15) is 0 Å². The van der Waals surface area contributed by atoms with Crippen molar-refractivity contribution in [3.63, 3.8) is 0 Å².